The molecular formula is C17H22FNO2. The minimum absolute atomic E-state index is 0.0996. The lowest BCUT2D eigenvalue weighted by Gasteiger charge is -2.28. The van der Waals surface area contributed by atoms with Crippen LogP contribution in [-0.4, -0.2) is 17.3 Å². The quantitative estimate of drug-likeness (QED) is 0.817. The van der Waals surface area contributed by atoms with Crippen molar-refractivity contribution in [2.75, 3.05) is 6.61 Å². The smallest absolute Gasteiger partial charge is 0.134 e. The summed E-state index contributed by atoms with van der Waals surface area (Å²) in [5, 5.41) is 12.5. The summed E-state index contributed by atoms with van der Waals surface area (Å²) in [7, 11) is 0. The van der Waals surface area contributed by atoms with E-state index >= 15 is 0 Å². The van der Waals surface area contributed by atoms with Crippen LogP contribution >= 0.6 is 0 Å². The molecule has 21 heavy (non-hydrogen) atoms. The fourth-order valence-electron chi connectivity index (χ4n) is 2.18. The Morgan fingerprint density at radius 2 is 1.90 bits per heavy atom. The molecule has 0 spiro atoms. The Morgan fingerprint density at radius 1 is 1.19 bits per heavy atom. The number of nitrogens with one attached hydrogen (secondary N) is 1. The highest BCUT2D eigenvalue weighted by Crippen LogP contribution is 2.23. The Balaban J connectivity index is 2.02. The Hall–Kier alpha value is -1.65. The van der Waals surface area contributed by atoms with E-state index < -0.39 is 0 Å². The van der Waals surface area contributed by atoms with E-state index in [0.717, 1.165) is 23.5 Å². The minimum atomic E-state index is -0.255. The standard InChI is InChI=1S/C17H22FNO2/c1-3-17(2,10-11-20)19-12-15-8-9-16(21-15)13-4-6-14(18)7-5-13/h4-9,19-20H,3,10-12H2,1-2H3. The lowest BCUT2D eigenvalue weighted by Crippen LogP contribution is -2.41. The molecule has 1 aromatic carbocycles. The normalized spacial score (nSPS) is 14.1. The monoisotopic (exact) mass is 291 g/mol. The molecule has 114 valence electrons. The summed E-state index contributed by atoms with van der Waals surface area (Å²) in [6.45, 7) is 4.95. The molecule has 1 atom stereocenters. The predicted octanol–water partition coefficient (Wildman–Crippen LogP) is 3.73. The SMILES string of the molecule is CCC(C)(CCO)NCc1ccc(-c2ccc(F)cc2)o1. The number of benzene rings is 1. The summed E-state index contributed by atoms with van der Waals surface area (Å²) in [6, 6.07) is 10.1. The van der Waals surface area contributed by atoms with Gasteiger partial charge in [-0.2, -0.15) is 0 Å². The van der Waals surface area contributed by atoms with Crippen molar-refractivity contribution in [3.05, 3.63) is 48.0 Å². The Kier molecular flexibility index (Phi) is 5.15. The van der Waals surface area contributed by atoms with Crippen molar-refractivity contribution < 1.29 is 13.9 Å². The zero-order valence-corrected chi connectivity index (χ0v) is 12.5. The molecule has 0 saturated heterocycles. The summed E-state index contributed by atoms with van der Waals surface area (Å²) in [5.74, 6) is 1.30. The van der Waals surface area contributed by atoms with Crippen LogP contribution in [0.5, 0.6) is 0 Å². The maximum absolute atomic E-state index is 12.9. The molecule has 2 aromatic rings. The highest BCUT2D eigenvalue weighted by molar-refractivity contribution is 5.57. The molecule has 0 aliphatic rings. The second kappa shape index (κ2) is 6.87. The summed E-state index contributed by atoms with van der Waals surface area (Å²) in [5.41, 5.74) is 0.758. The third kappa shape index (κ3) is 4.16. The van der Waals surface area contributed by atoms with Crippen LogP contribution in [0.1, 0.15) is 32.4 Å². The van der Waals surface area contributed by atoms with Gasteiger partial charge in [0.05, 0.1) is 6.54 Å². The number of aliphatic hydroxyl groups excluding tert-OH is 1. The average Bonchev–Trinajstić information content (AvgIpc) is 2.95. The van der Waals surface area contributed by atoms with E-state index in [-0.39, 0.29) is 18.0 Å². The summed E-state index contributed by atoms with van der Waals surface area (Å²) in [4.78, 5) is 0. The van der Waals surface area contributed by atoms with E-state index in [0.29, 0.717) is 13.0 Å². The number of hydrogen-bond acceptors (Lipinski definition) is 3. The second-order valence-electron chi connectivity index (χ2n) is 5.51. The molecule has 3 nitrogen and oxygen atoms in total. The number of hydrogen-bond donors (Lipinski definition) is 2. The van der Waals surface area contributed by atoms with Gasteiger partial charge in [-0.05, 0) is 56.2 Å². The fourth-order valence-corrected chi connectivity index (χ4v) is 2.18. The minimum Gasteiger partial charge on any atom is -0.460 e. The van der Waals surface area contributed by atoms with Crippen LogP contribution in [0.15, 0.2) is 40.8 Å². The fraction of sp³-hybridized carbons (Fsp3) is 0.412. The van der Waals surface area contributed by atoms with E-state index in [1.807, 2.05) is 12.1 Å². The van der Waals surface area contributed by atoms with Gasteiger partial charge in [0.15, 0.2) is 0 Å². The summed E-state index contributed by atoms with van der Waals surface area (Å²) in [6.07, 6.45) is 1.63. The van der Waals surface area contributed by atoms with E-state index in [1.165, 1.54) is 12.1 Å². The van der Waals surface area contributed by atoms with Gasteiger partial charge in [-0.1, -0.05) is 6.92 Å². The zero-order valence-electron chi connectivity index (χ0n) is 12.5. The van der Waals surface area contributed by atoms with Gasteiger partial charge in [-0.3, -0.25) is 0 Å². The Labute approximate surface area is 124 Å². The molecule has 1 unspecified atom stereocenters. The van der Waals surface area contributed by atoms with E-state index in [9.17, 15) is 4.39 Å². The van der Waals surface area contributed by atoms with Crippen LogP contribution in [0.3, 0.4) is 0 Å². The van der Waals surface area contributed by atoms with Crippen LogP contribution in [0.4, 0.5) is 4.39 Å². The van der Waals surface area contributed by atoms with Crippen molar-refractivity contribution >= 4 is 0 Å². The molecule has 1 aromatic heterocycles. The molecule has 0 aliphatic carbocycles. The predicted molar refractivity (Wildman–Crippen MR) is 81.3 cm³/mol. The van der Waals surface area contributed by atoms with Crippen LogP contribution in [0.25, 0.3) is 11.3 Å². The van der Waals surface area contributed by atoms with Gasteiger partial charge < -0.3 is 14.8 Å². The van der Waals surface area contributed by atoms with Gasteiger partial charge >= 0.3 is 0 Å². The topological polar surface area (TPSA) is 45.4 Å². The largest absolute Gasteiger partial charge is 0.460 e. The van der Waals surface area contributed by atoms with Crippen molar-refractivity contribution in [2.45, 2.75) is 38.8 Å². The molecule has 0 amide bonds. The van der Waals surface area contributed by atoms with E-state index in [4.69, 9.17) is 9.52 Å². The Morgan fingerprint density at radius 3 is 2.52 bits per heavy atom. The molecule has 2 rings (SSSR count). The summed E-state index contributed by atoms with van der Waals surface area (Å²) >= 11 is 0. The van der Waals surface area contributed by atoms with Gasteiger partial charge in [-0.25, -0.2) is 4.39 Å². The lowest BCUT2D eigenvalue weighted by atomic mass is 9.95. The molecule has 0 fully saturated rings. The van der Waals surface area contributed by atoms with Crippen LogP contribution in [0, 0.1) is 5.82 Å². The number of rotatable bonds is 7. The van der Waals surface area contributed by atoms with Crippen molar-refractivity contribution in [2.24, 2.45) is 0 Å². The second-order valence-corrected chi connectivity index (χ2v) is 5.51. The van der Waals surface area contributed by atoms with Crippen molar-refractivity contribution in [1.29, 1.82) is 0 Å². The molecule has 4 heteroatoms. The first kappa shape index (κ1) is 15.7. The maximum Gasteiger partial charge on any atom is 0.134 e. The first-order chi connectivity index (χ1) is 10.1. The van der Waals surface area contributed by atoms with Crippen molar-refractivity contribution in [3.63, 3.8) is 0 Å². The third-order valence-corrected chi connectivity index (χ3v) is 3.92. The van der Waals surface area contributed by atoms with Gasteiger partial charge in [0.1, 0.15) is 17.3 Å². The molecule has 0 aliphatic heterocycles. The number of halogens is 1. The summed E-state index contributed by atoms with van der Waals surface area (Å²) < 4.78 is 18.7. The molecule has 1 heterocycles. The molecule has 0 radical (unpaired) electrons. The number of aliphatic hydroxyl groups is 1. The molecular weight excluding hydrogens is 269 g/mol. The van der Waals surface area contributed by atoms with E-state index in [2.05, 4.69) is 19.2 Å². The molecule has 0 bridgehead atoms. The van der Waals surface area contributed by atoms with Gasteiger partial charge in [0.2, 0.25) is 0 Å². The van der Waals surface area contributed by atoms with E-state index in [1.54, 1.807) is 12.1 Å². The molecule has 0 saturated carbocycles. The van der Waals surface area contributed by atoms with Crippen LogP contribution < -0.4 is 5.32 Å². The zero-order chi connectivity index (χ0) is 15.3. The highest BCUT2D eigenvalue weighted by atomic mass is 19.1. The first-order valence-corrected chi connectivity index (χ1v) is 7.27. The number of furan rings is 1. The first-order valence-electron chi connectivity index (χ1n) is 7.27. The maximum atomic E-state index is 12.9. The molecule has 2 N–H and O–H groups in total. The van der Waals surface area contributed by atoms with Gasteiger partial charge in [-0.15, -0.1) is 0 Å². The van der Waals surface area contributed by atoms with Crippen molar-refractivity contribution in [1.82, 2.24) is 5.32 Å². The van der Waals surface area contributed by atoms with Gasteiger partial charge in [0.25, 0.3) is 0 Å². The van der Waals surface area contributed by atoms with Gasteiger partial charge in [0, 0.05) is 17.7 Å². The third-order valence-electron chi connectivity index (χ3n) is 3.92. The highest BCUT2D eigenvalue weighted by Gasteiger charge is 2.20. The van der Waals surface area contributed by atoms with Crippen molar-refractivity contribution in [3.8, 4) is 11.3 Å². The van der Waals surface area contributed by atoms with Crippen LogP contribution in [0.2, 0.25) is 0 Å². The van der Waals surface area contributed by atoms with Crippen LogP contribution in [-0.2, 0) is 6.54 Å². The Bertz CT molecular complexity index is 564. The average molecular weight is 291 g/mol. The lowest BCUT2D eigenvalue weighted by molar-refractivity contribution is 0.211.